The topological polar surface area (TPSA) is 59.8 Å². The van der Waals surface area contributed by atoms with Gasteiger partial charge in [-0.2, -0.15) is 5.10 Å². The molecule has 0 aromatic carbocycles. The maximum absolute atomic E-state index is 12.6. The molecular formula is C14H20N4O3. The van der Waals surface area contributed by atoms with Gasteiger partial charge in [0.25, 0.3) is 5.91 Å². The van der Waals surface area contributed by atoms with Crippen LogP contribution in [0, 0.1) is 0 Å². The first-order chi connectivity index (χ1) is 10.2. The molecule has 0 bridgehead atoms. The van der Waals surface area contributed by atoms with E-state index in [0.29, 0.717) is 37.3 Å². The highest BCUT2D eigenvalue weighted by Crippen LogP contribution is 2.25. The van der Waals surface area contributed by atoms with Crippen molar-refractivity contribution in [2.24, 2.45) is 0 Å². The lowest BCUT2D eigenvalue weighted by atomic mass is 10.1. The van der Waals surface area contributed by atoms with Gasteiger partial charge in [0, 0.05) is 38.7 Å². The second-order valence-electron chi connectivity index (χ2n) is 5.96. The molecule has 0 N–H and O–H groups in total. The molecule has 0 unspecified atom stereocenters. The summed E-state index contributed by atoms with van der Waals surface area (Å²) in [5, 5.41) is 4.38. The first-order valence-electron chi connectivity index (χ1n) is 7.54. The van der Waals surface area contributed by atoms with E-state index in [1.54, 1.807) is 10.7 Å². The maximum Gasteiger partial charge on any atom is 0.274 e. The molecule has 7 nitrogen and oxygen atoms in total. The molecule has 3 aliphatic heterocycles. The number of aryl methyl sites for hydroxylation is 1. The molecule has 3 aliphatic rings. The summed E-state index contributed by atoms with van der Waals surface area (Å²) < 4.78 is 13.1. The van der Waals surface area contributed by atoms with Crippen molar-refractivity contribution in [3.8, 4) is 5.88 Å². The fourth-order valence-electron chi connectivity index (χ4n) is 3.36. The van der Waals surface area contributed by atoms with Crippen LogP contribution in [0.3, 0.4) is 0 Å². The van der Waals surface area contributed by atoms with Gasteiger partial charge in [0.15, 0.2) is 5.69 Å². The van der Waals surface area contributed by atoms with Gasteiger partial charge in [-0.3, -0.25) is 9.69 Å². The number of likely N-dealkylation sites (tertiary alicyclic amines) is 1. The molecule has 0 aliphatic carbocycles. The molecule has 2 fully saturated rings. The minimum absolute atomic E-state index is 0.0214. The van der Waals surface area contributed by atoms with Crippen molar-refractivity contribution in [1.29, 1.82) is 0 Å². The number of ether oxygens (including phenoxy) is 2. The van der Waals surface area contributed by atoms with Crippen molar-refractivity contribution in [3.63, 3.8) is 0 Å². The van der Waals surface area contributed by atoms with Crippen LogP contribution in [0.25, 0.3) is 0 Å². The lowest BCUT2D eigenvalue weighted by Crippen LogP contribution is -2.48. The highest BCUT2D eigenvalue weighted by atomic mass is 16.5. The van der Waals surface area contributed by atoms with E-state index in [4.69, 9.17) is 9.47 Å². The molecule has 2 atom stereocenters. The Labute approximate surface area is 123 Å². The van der Waals surface area contributed by atoms with Gasteiger partial charge >= 0.3 is 0 Å². The average Bonchev–Trinajstić information content (AvgIpc) is 3.11. The monoisotopic (exact) mass is 292 g/mol. The summed E-state index contributed by atoms with van der Waals surface area (Å²) in [6.45, 7) is 4.55. The Bertz CT molecular complexity index is 535. The SMILES string of the molecule is CN1CCO[C@@H]2CN(C(=O)c3cc4n(n3)CCCO4)C[C@@H]21. The molecule has 1 aromatic rings. The van der Waals surface area contributed by atoms with Gasteiger partial charge in [0.05, 0.1) is 25.4 Å². The van der Waals surface area contributed by atoms with E-state index in [1.807, 2.05) is 4.90 Å². The van der Waals surface area contributed by atoms with E-state index in [-0.39, 0.29) is 12.0 Å². The second kappa shape index (κ2) is 4.99. The van der Waals surface area contributed by atoms with Crippen molar-refractivity contribution in [2.75, 3.05) is 39.9 Å². The predicted molar refractivity (Wildman–Crippen MR) is 74.4 cm³/mol. The number of hydrogen-bond acceptors (Lipinski definition) is 5. The molecule has 0 radical (unpaired) electrons. The lowest BCUT2D eigenvalue weighted by molar-refractivity contribution is -0.0368. The number of fused-ring (bicyclic) bond motifs is 2. The van der Waals surface area contributed by atoms with Crippen LogP contribution >= 0.6 is 0 Å². The minimum Gasteiger partial charge on any atom is -0.478 e. The summed E-state index contributed by atoms with van der Waals surface area (Å²) in [4.78, 5) is 16.8. The zero-order chi connectivity index (χ0) is 14.4. The molecule has 21 heavy (non-hydrogen) atoms. The summed E-state index contributed by atoms with van der Waals surface area (Å²) in [7, 11) is 2.09. The van der Waals surface area contributed by atoms with Gasteiger partial charge < -0.3 is 14.4 Å². The van der Waals surface area contributed by atoms with Gasteiger partial charge in [-0.05, 0) is 7.05 Å². The van der Waals surface area contributed by atoms with Crippen LogP contribution in [0.15, 0.2) is 6.07 Å². The fourth-order valence-corrected chi connectivity index (χ4v) is 3.36. The number of carbonyl (C=O) groups excluding carboxylic acids is 1. The highest BCUT2D eigenvalue weighted by Gasteiger charge is 2.41. The lowest BCUT2D eigenvalue weighted by Gasteiger charge is -2.33. The van der Waals surface area contributed by atoms with E-state index in [0.717, 1.165) is 26.1 Å². The number of rotatable bonds is 1. The standard InChI is InChI=1S/C14H20N4O3/c1-16-4-6-20-12-9-17(8-11(12)16)14(19)10-7-13-18(15-10)3-2-5-21-13/h7,11-12H,2-6,8-9H2,1H3/t11-,12+/m0/s1. The number of amides is 1. The van der Waals surface area contributed by atoms with Crippen LogP contribution in [-0.2, 0) is 11.3 Å². The number of nitrogens with zero attached hydrogens (tertiary/aromatic N) is 4. The van der Waals surface area contributed by atoms with E-state index < -0.39 is 0 Å². The summed E-state index contributed by atoms with van der Waals surface area (Å²) in [6, 6.07) is 2.06. The van der Waals surface area contributed by atoms with Crippen LogP contribution in [0.5, 0.6) is 5.88 Å². The Morgan fingerprint density at radius 1 is 1.33 bits per heavy atom. The Kier molecular flexibility index (Phi) is 3.11. The van der Waals surface area contributed by atoms with Gasteiger partial charge in [0.1, 0.15) is 0 Å². The molecule has 7 heteroatoms. The second-order valence-corrected chi connectivity index (χ2v) is 5.96. The summed E-state index contributed by atoms with van der Waals surface area (Å²) >= 11 is 0. The van der Waals surface area contributed by atoms with E-state index in [2.05, 4.69) is 17.0 Å². The molecule has 0 spiro atoms. The minimum atomic E-state index is -0.0214. The van der Waals surface area contributed by atoms with Crippen LogP contribution in [0.4, 0.5) is 0 Å². The Balaban J connectivity index is 1.51. The van der Waals surface area contributed by atoms with Gasteiger partial charge in [-0.25, -0.2) is 4.68 Å². The van der Waals surface area contributed by atoms with E-state index >= 15 is 0 Å². The Morgan fingerprint density at radius 3 is 3.05 bits per heavy atom. The van der Waals surface area contributed by atoms with Crippen LogP contribution in [-0.4, -0.2) is 77.5 Å². The molecular weight excluding hydrogens is 272 g/mol. The third-order valence-corrected chi connectivity index (χ3v) is 4.59. The van der Waals surface area contributed by atoms with Crippen molar-refractivity contribution >= 4 is 5.91 Å². The van der Waals surface area contributed by atoms with Crippen molar-refractivity contribution in [3.05, 3.63) is 11.8 Å². The number of carbonyl (C=O) groups is 1. The van der Waals surface area contributed by atoms with E-state index in [1.165, 1.54) is 0 Å². The first kappa shape index (κ1) is 13.1. The fraction of sp³-hybridized carbons (Fsp3) is 0.714. The highest BCUT2D eigenvalue weighted by molar-refractivity contribution is 5.93. The summed E-state index contributed by atoms with van der Waals surface area (Å²) in [5.74, 6) is 0.682. The summed E-state index contributed by atoms with van der Waals surface area (Å²) in [5.41, 5.74) is 0.480. The third kappa shape index (κ3) is 2.20. The Hall–Kier alpha value is -1.60. The molecule has 1 aromatic heterocycles. The third-order valence-electron chi connectivity index (χ3n) is 4.59. The van der Waals surface area contributed by atoms with Crippen molar-refractivity contribution in [1.82, 2.24) is 19.6 Å². The number of morpholine rings is 1. The number of hydrogen-bond donors (Lipinski definition) is 0. The number of likely N-dealkylation sites (N-methyl/N-ethyl adjacent to an activating group) is 1. The van der Waals surface area contributed by atoms with Crippen molar-refractivity contribution < 1.29 is 14.3 Å². The van der Waals surface area contributed by atoms with Crippen molar-refractivity contribution in [2.45, 2.75) is 25.1 Å². The predicted octanol–water partition coefficient (Wildman–Crippen LogP) is -0.179. The number of aromatic nitrogens is 2. The van der Waals surface area contributed by atoms with Crippen LogP contribution < -0.4 is 4.74 Å². The summed E-state index contributed by atoms with van der Waals surface area (Å²) in [6.07, 6.45) is 1.07. The molecule has 2 saturated heterocycles. The van der Waals surface area contributed by atoms with Gasteiger partial charge in [0.2, 0.25) is 5.88 Å². The largest absolute Gasteiger partial charge is 0.478 e. The van der Waals surface area contributed by atoms with Gasteiger partial charge in [-0.1, -0.05) is 0 Å². The van der Waals surface area contributed by atoms with Crippen LogP contribution in [0.1, 0.15) is 16.9 Å². The zero-order valence-corrected chi connectivity index (χ0v) is 12.2. The zero-order valence-electron chi connectivity index (χ0n) is 12.2. The molecule has 4 rings (SSSR count). The van der Waals surface area contributed by atoms with Crippen LogP contribution in [0.2, 0.25) is 0 Å². The first-order valence-corrected chi connectivity index (χ1v) is 7.54. The quantitative estimate of drug-likeness (QED) is 0.719. The normalized spacial score (nSPS) is 28.9. The molecule has 0 saturated carbocycles. The maximum atomic E-state index is 12.6. The molecule has 1 amide bonds. The molecule has 4 heterocycles. The smallest absolute Gasteiger partial charge is 0.274 e. The Morgan fingerprint density at radius 2 is 2.24 bits per heavy atom. The molecule has 114 valence electrons. The van der Waals surface area contributed by atoms with E-state index in [9.17, 15) is 4.79 Å². The average molecular weight is 292 g/mol. The van der Waals surface area contributed by atoms with Gasteiger partial charge in [-0.15, -0.1) is 0 Å².